The van der Waals surface area contributed by atoms with Crippen LogP contribution >= 0.6 is 11.6 Å². The number of anilines is 1. The molecule has 7 heteroatoms. The second kappa shape index (κ2) is 8.38. The number of hydrogen-bond donors (Lipinski definition) is 2. The van der Waals surface area contributed by atoms with Crippen LogP contribution in [0.15, 0.2) is 18.2 Å². The maximum atomic E-state index is 11.8. The monoisotopic (exact) mass is 326 g/mol. The van der Waals surface area contributed by atoms with Gasteiger partial charge in [0, 0.05) is 6.42 Å². The summed E-state index contributed by atoms with van der Waals surface area (Å²) in [6, 6.07) is 4.40. The van der Waals surface area contributed by atoms with Gasteiger partial charge in [0.2, 0.25) is 11.8 Å². The molecule has 2 N–H and O–H groups in total. The van der Waals surface area contributed by atoms with Crippen molar-refractivity contribution in [1.82, 2.24) is 5.32 Å². The molecule has 0 spiro atoms. The van der Waals surface area contributed by atoms with E-state index in [1.54, 1.807) is 0 Å². The lowest BCUT2D eigenvalue weighted by Crippen LogP contribution is -2.33. The van der Waals surface area contributed by atoms with Gasteiger partial charge in [0.05, 0.1) is 29.9 Å². The van der Waals surface area contributed by atoms with Crippen LogP contribution < -0.4 is 10.6 Å². The quantitative estimate of drug-likeness (QED) is 0.785. The van der Waals surface area contributed by atoms with E-state index in [1.807, 2.05) is 13.8 Å². The van der Waals surface area contributed by atoms with Crippen molar-refractivity contribution >= 4 is 35.1 Å². The maximum absolute atomic E-state index is 11.8. The molecular weight excluding hydrogens is 308 g/mol. The molecule has 0 atom stereocenters. The van der Waals surface area contributed by atoms with Gasteiger partial charge in [0.1, 0.15) is 0 Å². The highest BCUT2D eigenvalue weighted by atomic mass is 35.5. The number of amides is 2. The van der Waals surface area contributed by atoms with Crippen molar-refractivity contribution in [1.29, 1.82) is 0 Å². The molecule has 1 aromatic carbocycles. The van der Waals surface area contributed by atoms with Crippen LogP contribution in [-0.4, -0.2) is 31.4 Å². The average Bonchev–Trinajstić information content (AvgIpc) is 2.46. The minimum Gasteiger partial charge on any atom is -0.465 e. The van der Waals surface area contributed by atoms with Crippen LogP contribution in [0.3, 0.4) is 0 Å². The number of esters is 1. The van der Waals surface area contributed by atoms with Crippen molar-refractivity contribution in [3.63, 3.8) is 0 Å². The van der Waals surface area contributed by atoms with E-state index >= 15 is 0 Å². The number of carbonyl (C=O) groups is 3. The fourth-order valence-electron chi connectivity index (χ4n) is 1.68. The highest BCUT2D eigenvalue weighted by Gasteiger charge is 2.12. The van der Waals surface area contributed by atoms with Gasteiger partial charge in [0.25, 0.3) is 0 Å². The Morgan fingerprint density at radius 1 is 1.23 bits per heavy atom. The van der Waals surface area contributed by atoms with Crippen molar-refractivity contribution in [2.24, 2.45) is 5.92 Å². The number of rotatable bonds is 6. The molecule has 0 saturated carbocycles. The molecule has 1 aromatic rings. The van der Waals surface area contributed by atoms with Crippen LogP contribution in [-0.2, 0) is 14.3 Å². The highest BCUT2D eigenvalue weighted by Crippen LogP contribution is 2.23. The Morgan fingerprint density at radius 3 is 2.50 bits per heavy atom. The molecule has 0 aliphatic carbocycles. The largest absolute Gasteiger partial charge is 0.465 e. The first-order valence-corrected chi connectivity index (χ1v) is 7.15. The van der Waals surface area contributed by atoms with Gasteiger partial charge in [-0.25, -0.2) is 4.79 Å². The number of ether oxygens (including phenoxy) is 1. The Balaban J connectivity index is 2.64. The standard InChI is InChI=1S/C15H19ClN2O4/c1-9(2)6-13(19)17-8-14(20)18-12-7-10(15(21)22-3)4-5-11(12)16/h4-5,7,9H,6,8H2,1-3H3,(H,17,19)(H,18,20). The molecule has 2 amide bonds. The van der Waals surface area contributed by atoms with Crippen molar-refractivity contribution in [2.75, 3.05) is 19.0 Å². The second-order valence-electron chi connectivity index (χ2n) is 5.11. The zero-order valence-corrected chi connectivity index (χ0v) is 13.5. The first-order valence-electron chi connectivity index (χ1n) is 6.78. The van der Waals surface area contributed by atoms with E-state index in [0.29, 0.717) is 6.42 Å². The maximum Gasteiger partial charge on any atom is 0.337 e. The summed E-state index contributed by atoms with van der Waals surface area (Å²) in [5.41, 5.74) is 0.554. The van der Waals surface area contributed by atoms with Crippen LogP contribution in [0, 0.1) is 5.92 Å². The Morgan fingerprint density at radius 2 is 1.91 bits per heavy atom. The fourth-order valence-corrected chi connectivity index (χ4v) is 1.85. The number of hydrogen-bond acceptors (Lipinski definition) is 4. The van der Waals surface area contributed by atoms with E-state index in [4.69, 9.17) is 11.6 Å². The van der Waals surface area contributed by atoms with Gasteiger partial charge in [0.15, 0.2) is 0 Å². The van der Waals surface area contributed by atoms with Gasteiger partial charge in [-0.1, -0.05) is 25.4 Å². The molecule has 0 aromatic heterocycles. The lowest BCUT2D eigenvalue weighted by atomic mass is 10.1. The molecular formula is C15H19ClN2O4. The van der Waals surface area contributed by atoms with Gasteiger partial charge in [-0.3, -0.25) is 9.59 Å². The van der Waals surface area contributed by atoms with E-state index in [2.05, 4.69) is 15.4 Å². The predicted molar refractivity (Wildman–Crippen MR) is 83.9 cm³/mol. The SMILES string of the molecule is COC(=O)c1ccc(Cl)c(NC(=O)CNC(=O)CC(C)C)c1. The summed E-state index contributed by atoms with van der Waals surface area (Å²) in [6.45, 7) is 3.67. The third-order valence-electron chi connectivity index (χ3n) is 2.70. The number of benzene rings is 1. The van der Waals surface area contributed by atoms with Crippen molar-refractivity contribution < 1.29 is 19.1 Å². The van der Waals surface area contributed by atoms with E-state index in [9.17, 15) is 14.4 Å². The third-order valence-corrected chi connectivity index (χ3v) is 3.03. The number of halogens is 1. The van der Waals surface area contributed by atoms with Crippen LogP contribution in [0.25, 0.3) is 0 Å². The summed E-state index contributed by atoms with van der Waals surface area (Å²) < 4.78 is 4.60. The second-order valence-corrected chi connectivity index (χ2v) is 5.52. The van der Waals surface area contributed by atoms with Gasteiger partial charge < -0.3 is 15.4 Å². The van der Waals surface area contributed by atoms with E-state index in [-0.39, 0.29) is 34.6 Å². The highest BCUT2D eigenvalue weighted by molar-refractivity contribution is 6.33. The zero-order chi connectivity index (χ0) is 16.7. The normalized spacial score (nSPS) is 10.2. The lowest BCUT2D eigenvalue weighted by Gasteiger charge is -2.10. The van der Waals surface area contributed by atoms with Crippen molar-refractivity contribution in [3.8, 4) is 0 Å². The molecule has 0 aliphatic rings. The molecule has 1 rings (SSSR count). The summed E-state index contributed by atoms with van der Waals surface area (Å²) in [7, 11) is 1.26. The minimum atomic E-state index is -0.530. The summed E-state index contributed by atoms with van der Waals surface area (Å²) in [6.07, 6.45) is 0.353. The van der Waals surface area contributed by atoms with E-state index < -0.39 is 11.9 Å². The van der Waals surface area contributed by atoms with Gasteiger partial charge >= 0.3 is 5.97 Å². The Hall–Kier alpha value is -2.08. The Labute approximate surface area is 134 Å². The molecule has 0 fully saturated rings. The molecule has 0 unspecified atom stereocenters. The Bertz CT molecular complexity index is 573. The minimum absolute atomic E-state index is 0.162. The van der Waals surface area contributed by atoms with Crippen LogP contribution in [0.1, 0.15) is 30.6 Å². The van der Waals surface area contributed by atoms with E-state index in [0.717, 1.165) is 0 Å². The van der Waals surface area contributed by atoms with E-state index in [1.165, 1.54) is 25.3 Å². The number of carbonyl (C=O) groups excluding carboxylic acids is 3. The molecule has 0 saturated heterocycles. The van der Waals surface area contributed by atoms with Gasteiger partial charge in [-0.2, -0.15) is 0 Å². The van der Waals surface area contributed by atoms with Gasteiger partial charge in [-0.05, 0) is 24.1 Å². The molecule has 0 heterocycles. The average molecular weight is 327 g/mol. The Kier molecular flexibility index (Phi) is 6.85. The fraction of sp³-hybridized carbons (Fsp3) is 0.400. The smallest absolute Gasteiger partial charge is 0.337 e. The summed E-state index contributed by atoms with van der Waals surface area (Å²) in [5.74, 6) is -0.938. The molecule has 0 bridgehead atoms. The summed E-state index contributed by atoms with van der Waals surface area (Å²) >= 11 is 5.97. The van der Waals surface area contributed by atoms with Crippen molar-refractivity contribution in [3.05, 3.63) is 28.8 Å². The predicted octanol–water partition coefficient (Wildman–Crippen LogP) is 2.23. The first kappa shape index (κ1) is 18.0. The van der Waals surface area contributed by atoms with Crippen LogP contribution in [0.2, 0.25) is 5.02 Å². The number of nitrogens with one attached hydrogen (secondary N) is 2. The molecule has 120 valence electrons. The van der Waals surface area contributed by atoms with Crippen molar-refractivity contribution in [2.45, 2.75) is 20.3 Å². The zero-order valence-electron chi connectivity index (χ0n) is 12.7. The molecule has 0 radical (unpaired) electrons. The van der Waals surface area contributed by atoms with Crippen LogP contribution in [0.4, 0.5) is 5.69 Å². The molecule has 0 aliphatic heterocycles. The topological polar surface area (TPSA) is 84.5 Å². The first-order chi connectivity index (χ1) is 10.3. The number of methoxy groups -OCH3 is 1. The molecule has 6 nitrogen and oxygen atoms in total. The molecule has 22 heavy (non-hydrogen) atoms. The third kappa shape index (κ3) is 5.73. The summed E-state index contributed by atoms with van der Waals surface area (Å²) in [4.78, 5) is 34.7. The van der Waals surface area contributed by atoms with Crippen LogP contribution in [0.5, 0.6) is 0 Å². The summed E-state index contributed by atoms with van der Waals surface area (Å²) in [5, 5.41) is 5.35. The van der Waals surface area contributed by atoms with Gasteiger partial charge in [-0.15, -0.1) is 0 Å². The lowest BCUT2D eigenvalue weighted by molar-refractivity contribution is -0.124.